The fourth-order valence-electron chi connectivity index (χ4n) is 4.64. The molecule has 3 unspecified atom stereocenters. The van der Waals surface area contributed by atoms with Gasteiger partial charge in [0.25, 0.3) is 0 Å². The van der Waals surface area contributed by atoms with Crippen LogP contribution in [0.15, 0.2) is 35.3 Å². The molecule has 0 aliphatic carbocycles. The highest BCUT2D eigenvalue weighted by Crippen LogP contribution is 2.32. The van der Waals surface area contributed by atoms with Gasteiger partial charge in [0.1, 0.15) is 0 Å². The first-order chi connectivity index (χ1) is 13.6. The summed E-state index contributed by atoms with van der Waals surface area (Å²) in [5.74, 6) is 0.982. The molecule has 2 fully saturated rings. The van der Waals surface area contributed by atoms with Gasteiger partial charge in [0.15, 0.2) is 5.96 Å². The first-order valence-electron chi connectivity index (χ1n) is 11.1. The van der Waals surface area contributed by atoms with E-state index in [-0.39, 0.29) is 24.0 Å². The second kappa shape index (κ2) is 12.1. The summed E-state index contributed by atoms with van der Waals surface area (Å²) in [4.78, 5) is 9.92. The molecule has 0 radical (unpaired) electrons. The van der Waals surface area contributed by atoms with E-state index in [0.29, 0.717) is 12.1 Å². The number of guanidine groups is 1. The van der Waals surface area contributed by atoms with Crippen molar-refractivity contribution < 1.29 is 0 Å². The average molecular weight is 514 g/mol. The molecule has 2 heterocycles. The second-order valence-electron chi connectivity index (χ2n) is 8.69. The molecule has 1 aromatic carbocycles. The number of aliphatic imine (C=N–C) groups is 1. The van der Waals surface area contributed by atoms with E-state index in [2.05, 4.69) is 78.7 Å². The highest BCUT2D eigenvalue weighted by Gasteiger charge is 2.36. The molecule has 0 spiro atoms. The Kier molecular flexibility index (Phi) is 10.2. The molecule has 3 rings (SSSR count). The monoisotopic (exact) mass is 513 g/mol. The highest BCUT2D eigenvalue weighted by molar-refractivity contribution is 14.0. The van der Waals surface area contributed by atoms with Crippen LogP contribution < -0.4 is 10.6 Å². The predicted octanol–water partition coefficient (Wildman–Crippen LogP) is 3.70. The quantitative estimate of drug-likeness (QED) is 0.332. The molecular weight excluding hydrogens is 473 g/mol. The fourth-order valence-corrected chi connectivity index (χ4v) is 4.64. The minimum atomic E-state index is 0. The van der Waals surface area contributed by atoms with Crippen LogP contribution in [0.25, 0.3) is 0 Å². The Hall–Kier alpha value is -0.860. The lowest BCUT2D eigenvalue weighted by atomic mass is 9.82. The van der Waals surface area contributed by atoms with E-state index in [9.17, 15) is 0 Å². The van der Waals surface area contributed by atoms with Crippen LogP contribution in [0.4, 0.5) is 0 Å². The average Bonchev–Trinajstić information content (AvgIpc) is 2.67. The van der Waals surface area contributed by atoms with Gasteiger partial charge in [-0.15, -0.1) is 24.0 Å². The van der Waals surface area contributed by atoms with Crippen molar-refractivity contribution in [2.24, 2.45) is 4.99 Å². The predicted molar refractivity (Wildman–Crippen MR) is 134 cm³/mol. The molecule has 29 heavy (non-hydrogen) atoms. The third-order valence-corrected chi connectivity index (χ3v) is 6.57. The Morgan fingerprint density at radius 2 is 1.86 bits per heavy atom. The Morgan fingerprint density at radius 3 is 2.48 bits per heavy atom. The van der Waals surface area contributed by atoms with E-state index in [1.165, 1.54) is 37.7 Å². The number of rotatable bonds is 7. The van der Waals surface area contributed by atoms with Crippen LogP contribution in [0.1, 0.15) is 51.5 Å². The lowest BCUT2D eigenvalue weighted by Crippen LogP contribution is -2.56. The van der Waals surface area contributed by atoms with Crippen LogP contribution in [-0.4, -0.2) is 67.1 Å². The zero-order valence-electron chi connectivity index (χ0n) is 18.6. The normalized spacial score (nSPS) is 26.0. The Labute approximate surface area is 194 Å². The molecule has 0 saturated carbocycles. The topological polar surface area (TPSA) is 42.9 Å². The van der Waals surface area contributed by atoms with E-state index >= 15 is 0 Å². The van der Waals surface area contributed by atoms with Crippen LogP contribution in [0.2, 0.25) is 0 Å². The van der Waals surface area contributed by atoms with Gasteiger partial charge >= 0.3 is 0 Å². The van der Waals surface area contributed by atoms with Crippen LogP contribution in [0, 0.1) is 0 Å². The number of hydrogen-bond acceptors (Lipinski definition) is 3. The summed E-state index contributed by atoms with van der Waals surface area (Å²) in [6.07, 6.45) is 6.56. The molecule has 2 aliphatic heterocycles. The van der Waals surface area contributed by atoms with E-state index in [4.69, 9.17) is 4.99 Å². The van der Waals surface area contributed by atoms with Gasteiger partial charge in [0, 0.05) is 37.3 Å². The third kappa shape index (κ3) is 7.10. The van der Waals surface area contributed by atoms with Crippen molar-refractivity contribution in [2.75, 3.05) is 27.2 Å². The standard InChI is InChI=1S/C23H39N5.HI/c1-5-24-23(26-20-14-21-12-9-13-22(15-20)28(21)4)25-16-18(2)27(3)17-19-10-7-6-8-11-19;/h6-8,10-11,18,20-22H,5,9,12-17H2,1-4H3,(H2,24,25,26);1H. The minimum Gasteiger partial charge on any atom is -0.357 e. The number of hydrogen-bond donors (Lipinski definition) is 2. The zero-order valence-corrected chi connectivity index (χ0v) is 20.9. The second-order valence-corrected chi connectivity index (χ2v) is 8.69. The molecule has 1 aromatic rings. The summed E-state index contributed by atoms with van der Waals surface area (Å²) in [6, 6.07) is 13.1. The van der Waals surface area contributed by atoms with Crippen molar-refractivity contribution in [3.63, 3.8) is 0 Å². The van der Waals surface area contributed by atoms with Gasteiger partial charge in [-0.25, -0.2) is 0 Å². The molecule has 164 valence electrons. The first-order valence-corrected chi connectivity index (χ1v) is 11.1. The Morgan fingerprint density at radius 1 is 1.21 bits per heavy atom. The van der Waals surface area contributed by atoms with Crippen molar-refractivity contribution in [3.8, 4) is 0 Å². The van der Waals surface area contributed by atoms with Crippen molar-refractivity contribution in [2.45, 2.75) is 76.7 Å². The maximum absolute atomic E-state index is 4.92. The number of halogens is 1. The number of piperidine rings is 2. The minimum absolute atomic E-state index is 0. The van der Waals surface area contributed by atoms with Gasteiger partial charge in [-0.1, -0.05) is 36.8 Å². The lowest BCUT2D eigenvalue weighted by Gasteiger charge is -2.47. The highest BCUT2D eigenvalue weighted by atomic mass is 127. The zero-order chi connectivity index (χ0) is 19.9. The summed E-state index contributed by atoms with van der Waals surface area (Å²) in [5, 5.41) is 7.20. The molecular formula is C23H40IN5. The first kappa shape index (κ1) is 24.4. The van der Waals surface area contributed by atoms with E-state index in [0.717, 1.165) is 37.7 Å². The maximum Gasteiger partial charge on any atom is 0.191 e. The summed E-state index contributed by atoms with van der Waals surface area (Å²) in [7, 11) is 4.50. The van der Waals surface area contributed by atoms with Crippen molar-refractivity contribution in [3.05, 3.63) is 35.9 Å². The van der Waals surface area contributed by atoms with E-state index in [1.54, 1.807) is 0 Å². The van der Waals surface area contributed by atoms with E-state index in [1.807, 2.05) is 0 Å². The van der Waals surface area contributed by atoms with Crippen LogP contribution in [0.5, 0.6) is 0 Å². The SMILES string of the molecule is CCNC(=NCC(C)N(C)Cc1ccccc1)NC1CC2CCCC(C1)N2C.I. The largest absolute Gasteiger partial charge is 0.357 e. The molecule has 3 atom stereocenters. The van der Waals surface area contributed by atoms with Gasteiger partial charge in [-0.3, -0.25) is 9.89 Å². The van der Waals surface area contributed by atoms with Crippen LogP contribution in [-0.2, 0) is 6.54 Å². The summed E-state index contributed by atoms with van der Waals surface area (Å²) < 4.78 is 0. The smallest absolute Gasteiger partial charge is 0.191 e. The summed E-state index contributed by atoms with van der Waals surface area (Å²) in [5.41, 5.74) is 1.35. The Balaban J connectivity index is 0.00000300. The van der Waals surface area contributed by atoms with Crippen LogP contribution >= 0.6 is 24.0 Å². The molecule has 6 heteroatoms. The van der Waals surface area contributed by atoms with Gasteiger partial charge in [0.2, 0.25) is 0 Å². The molecule has 2 N–H and O–H groups in total. The van der Waals surface area contributed by atoms with Crippen molar-refractivity contribution >= 4 is 29.9 Å². The summed E-state index contributed by atoms with van der Waals surface area (Å²) >= 11 is 0. The van der Waals surface area contributed by atoms with Gasteiger partial charge in [-0.05, 0) is 59.2 Å². The van der Waals surface area contributed by atoms with Crippen molar-refractivity contribution in [1.29, 1.82) is 0 Å². The molecule has 0 amide bonds. The lowest BCUT2D eigenvalue weighted by molar-refractivity contribution is 0.0526. The number of fused-ring (bicyclic) bond motifs is 2. The molecule has 5 nitrogen and oxygen atoms in total. The van der Waals surface area contributed by atoms with Gasteiger partial charge in [-0.2, -0.15) is 0 Å². The van der Waals surface area contributed by atoms with Gasteiger partial charge in [0.05, 0.1) is 6.54 Å². The van der Waals surface area contributed by atoms with Crippen molar-refractivity contribution in [1.82, 2.24) is 20.4 Å². The molecule has 0 aromatic heterocycles. The third-order valence-electron chi connectivity index (χ3n) is 6.57. The van der Waals surface area contributed by atoms with Gasteiger partial charge < -0.3 is 15.5 Å². The maximum atomic E-state index is 4.92. The number of likely N-dealkylation sites (N-methyl/N-ethyl adjacent to an activating group) is 1. The molecule has 2 aliphatic rings. The number of nitrogens with one attached hydrogen (secondary N) is 2. The number of benzene rings is 1. The Bertz CT molecular complexity index is 609. The number of nitrogens with zero attached hydrogens (tertiary/aromatic N) is 3. The van der Waals surface area contributed by atoms with E-state index < -0.39 is 0 Å². The fraction of sp³-hybridized carbons (Fsp3) is 0.696. The molecule has 2 saturated heterocycles. The molecule has 2 bridgehead atoms. The van der Waals surface area contributed by atoms with Crippen LogP contribution in [0.3, 0.4) is 0 Å². The summed E-state index contributed by atoms with van der Waals surface area (Å²) in [6.45, 7) is 7.07.